The van der Waals surface area contributed by atoms with Crippen LogP contribution in [0.2, 0.25) is 0 Å². The van der Waals surface area contributed by atoms with Crippen LogP contribution < -0.4 is 10.2 Å². The number of amides is 2. The Bertz CT molecular complexity index is 1310. The molecule has 1 fully saturated rings. The molecule has 0 saturated carbocycles. The first kappa shape index (κ1) is 24.2. The second kappa shape index (κ2) is 10.5. The summed E-state index contributed by atoms with van der Waals surface area (Å²) in [6.07, 6.45) is 1.73. The summed E-state index contributed by atoms with van der Waals surface area (Å²) in [5.41, 5.74) is 7.06. The fourth-order valence-corrected chi connectivity index (χ4v) is 4.82. The minimum atomic E-state index is -0.401. The largest absolute Gasteiger partial charge is 0.488 e. The van der Waals surface area contributed by atoms with Crippen molar-refractivity contribution in [3.63, 3.8) is 0 Å². The number of nitrogens with one attached hydrogen (secondary N) is 1. The number of aryl methyl sites for hydroxylation is 2. The lowest BCUT2D eigenvalue weighted by atomic mass is 10.1. The van der Waals surface area contributed by atoms with E-state index in [1.54, 1.807) is 18.2 Å². The van der Waals surface area contributed by atoms with Crippen molar-refractivity contribution in [1.29, 1.82) is 0 Å². The molecule has 34 heavy (non-hydrogen) atoms. The zero-order valence-electron chi connectivity index (χ0n) is 18.5. The van der Waals surface area contributed by atoms with Crippen molar-refractivity contribution in [3.8, 4) is 5.75 Å². The predicted molar refractivity (Wildman–Crippen MR) is 143 cm³/mol. The highest BCUT2D eigenvalue weighted by molar-refractivity contribution is 9.10. The summed E-state index contributed by atoms with van der Waals surface area (Å²) in [6, 6.07) is 20.7. The van der Waals surface area contributed by atoms with Gasteiger partial charge in [-0.25, -0.2) is 0 Å². The first-order valence-corrected chi connectivity index (χ1v) is 12.5. The Labute approximate surface area is 216 Å². The monoisotopic (exact) mass is 552 g/mol. The molecule has 3 aromatic carbocycles. The molecule has 172 valence electrons. The van der Waals surface area contributed by atoms with Gasteiger partial charge in [0.05, 0.1) is 4.91 Å². The smallest absolute Gasteiger partial charge is 0.285 e. The fourth-order valence-electron chi connectivity index (χ4n) is 3.27. The van der Waals surface area contributed by atoms with E-state index < -0.39 is 5.91 Å². The lowest BCUT2D eigenvalue weighted by molar-refractivity contribution is -0.123. The number of hydrogen-bond donors (Lipinski definition) is 1. The van der Waals surface area contributed by atoms with Crippen LogP contribution in [0.25, 0.3) is 6.08 Å². The van der Waals surface area contributed by atoms with Gasteiger partial charge in [-0.1, -0.05) is 69.7 Å². The molecule has 1 aliphatic rings. The number of halogens is 1. The Morgan fingerprint density at radius 1 is 1.12 bits per heavy atom. The Morgan fingerprint density at radius 2 is 1.85 bits per heavy atom. The number of thiocarbonyl (C=S) groups is 1. The summed E-state index contributed by atoms with van der Waals surface area (Å²) in [5.74, 6) is -0.150. The molecule has 5 nitrogen and oxygen atoms in total. The molecule has 1 aliphatic heterocycles. The Balaban J connectivity index is 1.53. The molecule has 0 atom stereocenters. The number of hydrogen-bond acceptors (Lipinski definition) is 5. The molecule has 0 aliphatic carbocycles. The molecule has 3 aromatic rings. The number of ether oxygens (including phenoxy) is 1. The summed E-state index contributed by atoms with van der Waals surface area (Å²) in [6.45, 7) is 4.38. The van der Waals surface area contributed by atoms with Gasteiger partial charge < -0.3 is 4.74 Å². The van der Waals surface area contributed by atoms with Crippen LogP contribution >= 0.6 is 39.9 Å². The molecule has 1 saturated heterocycles. The molecule has 0 radical (unpaired) electrons. The van der Waals surface area contributed by atoms with Crippen LogP contribution in [0.5, 0.6) is 5.75 Å². The van der Waals surface area contributed by atoms with E-state index in [0.29, 0.717) is 22.8 Å². The Morgan fingerprint density at radius 3 is 2.59 bits per heavy atom. The van der Waals surface area contributed by atoms with Gasteiger partial charge in [-0.2, -0.15) is 5.01 Å². The summed E-state index contributed by atoms with van der Waals surface area (Å²) in [7, 11) is 0. The molecular formula is C26H21BrN2O3S2. The van der Waals surface area contributed by atoms with Crippen molar-refractivity contribution in [3.05, 3.63) is 104 Å². The fraction of sp³-hybridized carbons (Fsp3) is 0.115. The molecule has 0 unspecified atom stereocenters. The molecular weight excluding hydrogens is 532 g/mol. The number of carbonyl (C=O) groups is 2. The number of thioether (sulfide) groups is 1. The lowest BCUT2D eigenvalue weighted by Gasteiger charge is -2.15. The van der Waals surface area contributed by atoms with E-state index in [9.17, 15) is 9.59 Å². The number of benzene rings is 3. The molecule has 0 aromatic heterocycles. The first-order chi connectivity index (χ1) is 16.3. The summed E-state index contributed by atoms with van der Waals surface area (Å²) < 4.78 is 7.20. The Kier molecular flexibility index (Phi) is 7.50. The average Bonchev–Trinajstić information content (AvgIpc) is 3.07. The van der Waals surface area contributed by atoms with E-state index in [0.717, 1.165) is 43.5 Å². The highest BCUT2D eigenvalue weighted by Crippen LogP contribution is 2.34. The van der Waals surface area contributed by atoms with Crippen LogP contribution in [-0.2, 0) is 11.4 Å². The van der Waals surface area contributed by atoms with Crippen LogP contribution in [0.4, 0.5) is 0 Å². The minimum Gasteiger partial charge on any atom is -0.488 e. The molecule has 1 N–H and O–H groups in total. The van der Waals surface area contributed by atoms with E-state index >= 15 is 0 Å². The lowest BCUT2D eigenvalue weighted by Crippen LogP contribution is -2.44. The van der Waals surface area contributed by atoms with Crippen molar-refractivity contribution >= 4 is 62.1 Å². The maximum absolute atomic E-state index is 13.0. The summed E-state index contributed by atoms with van der Waals surface area (Å²) in [4.78, 5) is 26.0. The molecule has 2 amide bonds. The highest BCUT2D eigenvalue weighted by atomic mass is 79.9. The molecule has 0 bridgehead atoms. The van der Waals surface area contributed by atoms with Crippen molar-refractivity contribution in [2.24, 2.45) is 0 Å². The van der Waals surface area contributed by atoms with Crippen LogP contribution in [0, 0.1) is 13.8 Å². The van der Waals surface area contributed by atoms with Crippen molar-refractivity contribution < 1.29 is 14.3 Å². The van der Waals surface area contributed by atoms with E-state index in [1.807, 2.05) is 68.4 Å². The number of carbonyl (C=O) groups excluding carboxylic acids is 2. The van der Waals surface area contributed by atoms with E-state index in [-0.39, 0.29) is 10.2 Å². The van der Waals surface area contributed by atoms with Gasteiger partial charge in [0, 0.05) is 15.6 Å². The first-order valence-electron chi connectivity index (χ1n) is 10.4. The quantitative estimate of drug-likeness (QED) is 0.292. The molecule has 8 heteroatoms. The van der Waals surface area contributed by atoms with Crippen molar-refractivity contribution in [2.75, 3.05) is 0 Å². The van der Waals surface area contributed by atoms with Gasteiger partial charge in [0.15, 0.2) is 4.32 Å². The molecule has 0 spiro atoms. The van der Waals surface area contributed by atoms with E-state index in [4.69, 9.17) is 17.0 Å². The van der Waals surface area contributed by atoms with Gasteiger partial charge >= 0.3 is 0 Å². The second-order valence-corrected chi connectivity index (χ2v) is 10.3. The SMILES string of the molecule is Cc1ccc(C(=O)NN2C(=O)/C(=C\c3cc(Br)ccc3OCc3ccccc3C)SC2=S)cc1. The third-order valence-corrected chi connectivity index (χ3v) is 7.02. The maximum atomic E-state index is 13.0. The Hall–Kier alpha value is -2.94. The normalized spacial score (nSPS) is 14.6. The number of rotatable bonds is 6. The van der Waals surface area contributed by atoms with Gasteiger partial charge in [0.25, 0.3) is 11.8 Å². The number of hydrazine groups is 1. The standard InChI is InChI=1S/C26H21BrN2O3S2/c1-16-7-9-18(10-8-16)24(30)28-29-25(31)23(34-26(29)33)14-20-13-21(27)11-12-22(20)32-15-19-6-4-3-5-17(19)2/h3-14H,15H2,1-2H3,(H,28,30)/b23-14+. The summed E-state index contributed by atoms with van der Waals surface area (Å²) in [5, 5.41) is 1.11. The summed E-state index contributed by atoms with van der Waals surface area (Å²) >= 11 is 9.98. The van der Waals surface area contributed by atoms with E-state index in [1.165, 1.54) is 0 Å². The molecule has 1 heterocycles. The van der Waals surface area contributed by atoms with E-state index in [2.05, 4.69) is 21.4 Å². The molecule has 4 rings (SSSR count). The van der Waals surface area contributed by atoms with Crippen molar-refractivity contribution in [1.82, 2.24) is 10.4 Å². The van der Waals surface area contributed by atoms with Crippen LogP contribution in [-0.4, -0.2) is 21.1 Å². The second-order valence-electron chi connectivity index (χ2n) is 7.72. The van der Waals surface area contributed by atoms with Crippen LogP contribution in [0.1, 0.15) is 32.6 Å². The topological polar surface area (TPSA) is 58.6 Å². The van der Waals surface area contributed by atoms with Crippen LogP contribution in [0.3, 0.4) is 0 Å². The zero-order chi connectivity index (χ0) is 24.2. The maximum Gasteiger partial charge on any atom is 0.285 e. The average molecular weight is 554 g/mol. The van der Waals surface area contributed by atoms with Gasteiger partial charge in [-0.15, -0.1) is 0 Å². The predicted octanol–water partition coefficient (Wildman–Crippen LogP) is 6.19. The van der Waals surface area contributed by atoms with Gasteiger partial charge in [0.1, 0.15) is 12.4 Å². The van der Waals surface area contributed by atoms with Gasteiger partial charge in [0.2, 0.25) is 0 Å². The van der Waals surface area contributed by atoms with Gasteiger partial charge in [-0.05, 0) is 73.6 Å². The van der Waals surface area contributed by atoms with Crippen LogP contribution in [0.15, 0.2) is 76.1 Å². The van der Waals surface area contributed by atoms with Gasteiger partial charge in [-0.3, -0.25) is 15.0 Å². The zero-order valence-corrected chi connectivity index (χ0v) is 21.7. The minimum absolute atomic E-state index is 0.258. The third kappa shape index (κ3) is 5.58. The third-order valence-electron chi connectivity index (χ3n) is 5.22. The van der Waals surface area contributed by atoms with Crippen molar-refractivity contribution in [2.45, 2.75) is 20.5 Å². The highest BCUT2D eigenvalue weighted by Gasteiger charge is 2.34. The number of nitrogens with zero attached hydrogens (tertiary/aromatic N) is 1.